The van der Waals surface area contributed by atoms with Gasteiger partial charge in [-0.1, -0.05) is 32.0 Å². The summed E-state index contributed by atoms with van der Waals surface area (Å²) < 4.78 is 11.2. The molecule has 1 amide bonds. The third-order valence-corrected chi connectivity index (χ3v) is 6.92. The summed E-state index contributed by atoms with van der Waals surface area (Å²) in [7, 11) is 1.60. The molecule has 3 aromatic carbocycles. The molecule has 1 aliphatic rings. The molecule has 5 rings (SSSR count). The quantitative estimate of drug-likeness (QED) is 0.153. The monoisotopic (exact) mass is 522 g/mol. The number of methoxy groups -OCH3 is 1. The number of hydrogen-bond acceptors (Lipinski definition) is 6. The van der Waals surface area contributed by atoms with Crippen molar-refractivity contribution in [3.63, 3.8) is 0 Å². The fraction of sp³-hybridized carbons (Fsp3) is 0.188. The van der Waals surface area contributed by atoms with Gasteiger partial charge in [-0.2, -0.15) is 0 Å². The van der Waals surface area contributed by atoms with Gasteiger partial charge in [0.1, 0.15) is 23.3 Å². The zero-order valence-electron chi connectivity index (χ0n) is 22.3. The van der Waals surface area contributed by atoms with Gasteiger partial charge in [0.05, 0.1) is 18.9 Å². The predicted molar refractivity (Wildman–Crippen MR) is 151 cm³/mol. The Balaban J connectivity index is 1.60. The maximum Gasteiger partial charge on any atom is 0.300 e. The van der Waals surface area contributed by atoms with Crippen LogP contribution in [0.3, 0.4) is 0 Å². The van der Waals surface area contributed by atoms with Crippen LogP contribution in [0.1, 0.15) is 48.3 Å². The van der Waals surface area contributed by atoms with Gasteiger partial charge in [0.25, 0.3) is 11.7 Å². The summed E-state index contributed by atoms with van der Waals surface area (Å²) >= 11 is 0. The highest BCUT2D eigenvalue weighted by Gasteiger charge is 2.48. The number of furan rings is 1. The van der Waals surface area contributed by atoms with Crippen molar-refractivity contribution in [3.8, 4) is 5.75 Å². The Morgan fingerprint density at radius 2 is 1.67 bits per heavy atom. The third-order valence-electron chi connectivity index (χ3n) is 6.92. The van der Waals surface area contributed by atoms with Gasteiger partial charge >= 0.3 is 0 Å². The first-order chi connectivity index (χ1) is 18.8. The van der Waals surface area contributed by atoms with Crippen LogP contribution >= 0.6 is 0 Å². The highest BCUT2D eigenvalue weighted by atomic mass is 16.5. The molecule has 2 N–H and O–H groups in total. The zero-order valence-corrected chi connectivity index (χ0v) is 22.3. The van der Waals surface area contributed by atoms with Crippen molar-refractivity contribution in [2.24, 2.45) is 0 Å². The molecule has 1 fully saturated rings. The molecule has 1 atom stereocenters. The number of ketones is 1. The van der Waals surface area contributed by atoms with Gasteiger partial charge in [0.2, 0.25) is 0 Å². The standard InChI is InChI=1S/C32H30N2O5/c1-19(2)24-18-25(20(3)17-27(24)38-4)30(35)28-29(26-11-8-16-39-26)34(32(37)31(28)36)23-14-12-22(13-15-23)33-21-9-6-5-7-10-21/h5-19,29,33,35H,1-4H3/b30-28+. The van der Waals surface area contributed by atoms with E-state index in [4.69, 9.17) is 9.15 Å². The molecular formula is C32H30N2O5. The summed E-state index contributed by atoms with van der Waals surface area (Å²) in [4.78, 5) is 28.3. The van der Waals surface area contributed by atoms with E-state index >= 15 is 0 Å². The fourth-order valence-corrected chi connectivity index (χ4v) is 4.93. The first kappa shape index (κ1) is 25.9. The van der Waals surface area contributed by atoms with Crippen molar-refractivity contribution in [3.05, 3.63) is 113 Å². The summed E-state index contributed by atoms with van der Waals surface area (Å²) in [6, 6.07) is 23.0. The number of ether oxygens (including phenoxy) is 1. The number of hydrogen-bond donors (Lipinski definition) is 2. The summed E-state index contributed by atoms with van der Waals surface area (Å²) in [5, 5.41) is 14.9. The second-order valence-corrected chi connectivity index (χ2v) is 9.79. The molecule has 0 spiro atoms. The average Bonchev–Trinajstić information content (AvgIpc) is 3.56. The van der Waals surface area contributed by atoms with Crippen LogP contribution in [0.4, 0.5) is 17.1 Å². The van der Waals surface area contributed by atoms with Gasteiger partial charge in [-0.15, -0.1) is 0 Å². The molecule has 1 aliphatic heterocycles. The van der Waals surface area contributed by atoms with Crippen LogP contribution in [0, 0.1) is 6.92 Å². The number of nitrogens with zero attached hydrogens (tertiary/aromatic N) is 1. The van der Waals surface area contributed by atoms with Crippen molar-refractivity contribution >= 4 is 34.5 Å². The van der Waals surface area contributed by atoms with E-state index in [-0.39, 0.29) is 17.3 Å². The second kappa shape index (κ2) is 10.5. The van der Waals surface area contributed by atoms with E-state index in [0.29, 0.717) is 22.8 Å². The first-order valence-corrected chi connectivity index (χ1v) is 12.8. The Morgan fingerprint density at radius 3 is 2.28 bits per heavy atom. The smallest absolute Gasteiger partial charge is 0.300 e. The minimum atomic E-state index is -0.933. The van der Waals surface area contributed by atoms with E-state index < -0.39 is 17.7 Å². The minimum absolute atomic E-state index is 0.0237. The SMILES string of the molecule is COc1cc(C)c(/C(O)=C2\C(=O)C(=O)N(c3ccc(Nc4ccccc4)cc3)C2c2ccco2)cc1C(C)C. The van der Waals surface area contributed by atoms with Crippen LogP contribution in [0.25, 0.3) is 5.76 Å². The van der Waals surface area contributed by atoms with Gasteiger partial charge in [-0.3, -0.25) is 14.5 Å². The molecular weight excluding hydrogens is 492 g/mol. The Bertz CT molecular complexity index is 1540. The number of carbonyl (C=O) groups is 2. The van der Waals surface area contributed by atoms with E-state index in [2.05, 4.69) is 5.32 Å². The highest BCUT2D eigenvalue weighted by Crippen LogP contribution is 2.43. The molecule has 1 unspecified atom stereocenters. The van der Waals surface area contributed by atoms with E-state index in [0.717, 1.165) is 22.5 Å². The van der Waals surface area contributed by atoms with Crippen molar-refractivity contribution in [2.45, 2.75) is 32.7 Å². The summed E-state index contributed by atoms with van der Waals surface area (Å²) in [6.07, 6.45) is 1.48. The van der Waals surface area contributed by atoms with E-state index in [9.17, 15) is 14.7 Å². The Morgan fingerprint density at radius 1 is 0.974 bits per heavy atom. The van der Waals surface area contributed by atoms with Crippen LogP contribution in [0.15, 0.2) is 95.1 Å². The Kier molecular flexibility index (Phi) is 6.98. The van der Waals surface area contributed by atoms with Gasteiger partial charge in [0, 0.05) is 22.6 Å². The number of nitrogens with one attached hydrogen (secondary N) is 1. The Hall–Kier alpha value is -4.78. The van der Waals surface area contributed by atoms with Gasteiger partial charge in [-0.05, 0) is 84.6 Å². The number of para-hydroxylation sites is 1. The average molecular weight is 523 g/mol. The molecule has 0 bridgehead atoms. The topological polar surface area (TPSA) is 92.0 Å². The molecule has 0 radical (unpaired) electrons. The zero-order chi connectivity index (χ0) is 27.7. The minimum Gasteiger partial charge on any atom is -0.507 e. The summed E-state index contributed by atoms with van der Waals surface area (Å²) in [6.45, 7) is 5.88. The molecule has 198 valence electrons. The molecule has 7 heteroatoms. The maximum absolute atomic E-state index is 13.5. The highest BCUT2D eigenvalue weighted by molar-refractivity contribution is 6.51. The number of aliphatic hydroxyl groups excluding tert-OH is 1. The largest absolute Gasteiger partial charge is 0.507 e. The lowest BCUT2D eigenvalue weighted by Crippen LogP contribution is -2.29. The van der Waals surface area contributed by atoms with Gasteiger partial charge in [-0.25, -0.2) is 0 Å². The first-order valence-electron chi connectivity index (χ1n) is 12.8. The lowest BCUT2D eigenvalue weighted by molar-refractivity contribution is -0.132. The van der Waals surface area contributed by atoms with E-state index in [1.165, 1.54) is 11.2 Å². The molecule has 0 aliphatic carbocycles. The van der Waals surface area contributed by atoms with Crippen molar-refractivity contribution in [2.75, 3.05) is 17.3 Å². The van der Waals surface area contributed by atoms with Crippen LogP contribution in [0.5, 0.6) is 5.75 Å². The molecule has 1 aromatic heterocycles. The summed E-state index contributed by atoms with van der Waals surface area (Å²) in [5.74, 6) is -0.581. The van der Waals surface area contributed by atoms with E-state index in [1.54, 1.807) is 31.4 Å². The normalized spacial score (nSPS) is 16.6. The Labute approximate surface area is 227 Å². The molecule has 2 heterocycles. The molecule has 0 saturated carbocycles. The van der Waals surface area contributed by atoms with Crippen LogP contribution in [0.2, 0.25) is 0 Å². The molecule has 7 nitrogen and oxygen atoms in total. The number of Topliss-reactive ketones (excluding diaryl/α,β-unsaturated/α-hetero) is 1. The number of rotatable bonds is 7. The number of anilines is 3. The summed E-state index contributed by atoms with van der Waals surface area (Å²) in [5.41, 5.74) is 4.30. The van der Waals surface area contributed by atoms with E-state index in [1.807, 2.05) is 75.4 Å². The predicted octanol–water partition coefficient (Wildman–Crippen LogP) is 7.09. The van der Waals surface area contributed by atoms with Gasteiger partial charge in [0.15, 0.2) is 0 Å². The van der Waals surface area contributed by atoms with Gasteiger partial charge < -0.3 is 19.6 Å². The third kappa shape index (κ3) is 4.79. The number of aryl methyl sites for hydroxylation is 1. The maximum atomic E-state index is 13.5. The van der Waals surface area contributed by atoms with Crippen LogP contribution in [-0.2, 0) is 9.59 Å². The lowest BCUT2D eigenvalue weighted by Gasteiger charge is -2.24. The van der Waals surface area contributed by atoms with Crippen molar-refractivity contribution < 1.29 is 23.8 Å². The second-order valence-electron chi connectivity index (χ2n) is 9.79. The van der Waals surface area contributed by atoms with Crippen LogP contribution in [-0.4, -0.2) is 23.9 Å². The van der Waals surface area contributed by atoms with Crippen LogP contribution < -0.4 is 15.0 Å². The molecule has 1 saturated heterocycles. The number of carbonyl (C=O) groups excluding carboxylic acids is 2. The number of amides is 1. The number of aliphatic hydroxyl groups is 1. The van der Waals surface area contributed by atoms with Crippen molar-refractivity contribution in [1.29, 1.82) is 0 Å². The van der Waals surface area contributed by atoms with Crippen molar-refractivity contribution in [1.82, 2.24) is 0 Å². The molecule has 39 heavy (non-hydrogen) atoms. The number of benzene rings is 3. The fourth-order valence-electron chi connectivity index (χ4n) is 4.93. The molecule has 4 aromatic rings. The lowest BCUT2D eigenvalue weighted by atomic mass is 9.92.